The van der Waals surface area contributed by atoms with E-state index in [9.17, 15) is 4.79 Å². The highest BCUT2D eigenvalue weighted by Gasteiger charge is 2.18. The monoisotopic (exact) mass is 265 g/mol. The van der Waals surface area contributed by atoms with Gasteiger partial charge in [0.05, 0.1) is 6.54 Å². The topological polar surface area (TPSA) is 59.2 Å². The van der Waals surface area contributed by atoms with Gasteiger partial charge in [0.25, 0.3) is 5.91 Å². The number of aryl methyl sites for hydroxylation is 2. The number of rotatable bonds is 4. The van der Waals surface area contributed by atoms with E-state index in [-0.39, 0.29) is 5.91 Å². The Bertz CT molecular complexity index is 547. The summed E-state index contributed by atoms with van der Waals surface area (Å²) in [5.41, 5.74) is 0.366. The minimum absolute atomic E-state index is 0.144. The van der Waals surface area contributed by atoms with Crippen LogP contribution in [-0.4, -0.2) is 27.8 Å². The second kappa shape index (κ2) is 5.30. The predicted molar refractivity (Wildman–Crippen MR) is 68.5 cm³/mol. The van der Waals surface area contributed by atoms with Crippen molar-refractivity contribution >= 4 is 17.2 Å². The summed E-state index contributed by atoms with van der Waals surface area (Å²) in [5.74, 6) is 0.398. The second-order valence-corrected chi connectivity index (χ2v) is 5.19. The molecule has 18 heavy (non-hydrogen) atoms. The fourth-order valence-corrected chi connectivity index (χ4v) is 2.47. The first-order valence-corrected chi connectivity index (χ1v) is 6.52. The van der Waals surface area contributed by atoms with Gasteiger partial charge >= 0.3 is 0 Å². The van der Waals surface area contributed by atoms with Crippen LogP contribution in [0.25, 0.3) is 0 Å². The molecular weight excluding hydrogens is 250 g/mol. The molecule has 1 amide bonds. The van der Waals surface area contributed by atoms with Crippen molar-refractivity contribution in [3.8, 4) is 0 Å². The van der Waals surface area contributed by atoms with Crippen molar-refractivity contribution in [3.63, 3.8) is 0 Å². The summed E-state index contributed by atoms with van der Waals surface area (Å²) < 4.78 is 5.04. The lowest BCUT2D eigenvalue weighted by Crippen LogP contribution is -2.26. The highest BCUT2D eigenvalue weighted by Crippen LogP contribution is 2.16. The molecule has 0 aliphatic carbocycles. The van der Waals surface area contributed by atoms with Crippen LogP contribution >= 0.6 is 11.3 Å². The number of thiazole rings is 1. The fourth-order valence-electron chi connectivity index (χ4n) is 1.55. The van der Waals surface area contributed by atoms with Gasteiger partial charge in [0, 0.05) is 18.1 Å². The molecule has 0 saturated heterocycles. The smallest absolute Gasteiger partial charge is 0.276 e. The molecule has 2 aromatic heterocycles. The molecule has 0 aliphatic rings. The van der Waals surface area contributed by atoms with E-state index in [2.05, 4.69) is 16.9 Å². The Balaban J connectivity index is 2.06. The molecule has 0 aromatic carbocycles. The lowest BCUT2D eigenvalue weighted by atomic mass is 10.3. The summed E-state index contributed by atoms with van der Waals surface area (Å²) in [5, 5.41) is 0.934. The van der Waals surface area contributed by atoms with Gasteiger partial charge in [0.2, 0.25) is 0 Å². The van der Waals surface area contributed by atoms with Crippen molar-refractivity contribution in [2.24, 2.45) is 0 Å². The lowest BCUT2D eigenvalue weighted by Gasteiger charge is -2.14. The third-order valence-electron chi connectivity index (χ3n) is 2.62. The summed E-state index contributed by atoms with van der Waals surface area (Å²) >= 11 is 1.63. The molecule has 5 nitrogen and oxygen atoms in total. The minimum atomic E-state index is -0.144. The van der Waals surface area contributed by atoms with Crippen molar-refractivity contribution in [1.29, 1.82) is 0 Å². The number of oxazole rings is 1. The summed E-state index contributed by atoms with van der Waals surface area (Å²) in [4.78, 5) is 23.1. The van der Waals surface area contributed by atoms with Crippen molar-refractivity contribution in [2.45, 2.75) is 26.8 Å². The number of hydrogen-bond donors (Lipinski definition) is 0. The number of amides is 1. The van der Waals surface area contributed by atoms with E-state index in [4.69, 9.17) is 4.42 Å². The van der Waals surface area contributed by atoms with Gasteiger partial charge in [0.15, 0.2) is 12.1 Å². The standard InChI is InChI=1S/C12H15N3O2S/c1-4-9-5-13-10(18-9)6-15(3)12(16)11-8(2)17-7-14-11/h5,7H,4,6H2,1-3H3. The molecule has 96 valence electrons. The van der Waals surface area contributed by atoms with Gasteiger partial charge in [-0.25, -0.2) is 9.97 Å². The van der Waals surface area contributed by atoms with E-state index in [1.165, 1.54) is 11.3 Å². The SMILES string of the molecule is CCc1cnc(CN(C)C(=O)c2ncoc2C)s1. The van der Waals surface area contributed by atoms with E-state index >= 15 is 0 Å². The molecule has 0 saturated carbocycles. The molecule has 0 N–H and O–H groups in total. The average molecular weight is 265 g/mol. The molecule has 2 aromatic rings. The number of aromatic nitrogens is 2. The van der Waals surface area contributed by atoms with Gasteiger partial charge in [-0.15, -0.1) is 11.3 Å². The predicted octanol–water partition coefficient (Wildman–Crippen LogP) is 2.27. The molecule has 0 radical (unpaired) electrons. The maximum Gasteiger partial charge on any atom is 0.276 e. The molecule has 0 atom stereocenters. The molecule has 0 unspecified atom stereocenters. The molecule has 0 fully saturated rings. The van der Waals surface area contributed by atoms with E-state index in [1.807, 2.05) is 6.20 Å². The quantitative estimate of drug-likeness (QED) is 0.851. The maximum absolute atomic E-state index is 12.1. The Kier molecular flexibility index (Phi) is 3.76. The highest BCUT2D eigenvalue weighted by atomic mass is 32.1. The lowest BCUT2D eigenvalue weighted by molar-refractivity contribution is 0.0778. The van der Waals surface area contributed by atoms with E-state index in [0.717, 1.165) is 11.4 Å². The van der Waals surface area contributed by atoms with E-state index in [1.54, 1.807) is 30.2 Å². The summed E-state index contributed by atoms with van der Waals surface area (Å²) in [7, 11) is 1.74. The zero-order valence-corrected chi connectivity index (χ0v) is 11.5. The van der Waals surface area contributed by atoms with Crippen LogP contribution in [0.2, 0.25) is 0 Å². The van der Waals surface area contributed by atoms with Crippen LogP contribution in [0.5, 0.6) is 0 Å². The molecule has 2 rings (SSSR count). The van der Waals surface area contributed by atoms with Crippen molar-refractivity contribution in [1.82, 2.24) is 14.9 Å². The third kappa shape index (κ3) is 2.59. The molecule has 2 heterocycles. The molecule has 0 aliphatic heterocycles. The Morgan fingerprint density at radius 1 is 1.50 bits per heavy atom. The first-order valence-electron chi connectivity index (χ1n) is 5.71. The summed E-state index contributed by atoms with van der Waals surface area (Å²) in [6, 6.07) is 0. The van der Waals surface area contributed by atoms with Gasteiger partial charge in [-0.2, -0.15) is 0 Å². The first kappa shape index (κ1) is 12.8. The normalized spacial score (nSPS) is 10.6. The summed E-state index contributed by atoms with van der Waals surface area (Å²) in [6.07, 6.45) is 4.12. The van der Waals surface area contributed by atoms with Crippen LogP contribution in [0, 0.1) is 6.92 Å². The zero-order valence-electron chi connectivity index (χ0n) is 10.6. The van der Waals surface area contributed by atoms with Crippen LogP contribution in [0.3, 0.4) is 0 Å². The van der Waals surface area contributed by atoms with Crippen LogP contribution in [-0.2, 0) is 13.0 Å². The van der Waals surface area contributed by atoms with Crippen molar-refractivity contribution in [2.75, 3.05) is 7.05 Å². The Morgan fingerprint density at radius 2 is 2.28 bits per heavy atom. The Labute approximate surface area is 109 Å². The fraction of sp³-hybridized carbons (Fsp3) is 0.417. The number of carbonyl (C=O) groups excluding carboxylic acids is 1. The van der Waals surface area contributed by atoms with E-state index < -0.39 is 0 Å². The highest BCUT2D eigenvalue weighted by molar-refractivity contribution is 7.11. The largest absolute Gasteiger partial charge is 0.448 e. The zero-order chi connectivity index (χ0) is 13.1. The number of carbonyl (C=O) groups is 1. The van der Waals surface area contributed by atoms with Gasteiger partial charge in [-0.3, -0.25) is 4.79 Å². The maximum atomic E-state index is 12.1. The first-order chi connectivity index (χ1) is 8.61. The van der Waals surface area contributed by atoms with Crippen molar-refractivity contribution < 1.29 is 9.21 Å². The third-order valence-corrected chi connectivity index (χ3v) is 3.74. The molecular formula is C12H15N3O2S. The van der Waals surface area contributed by atoms with E-state index in [0.29, 0.717) is 18.0 Å². The number of hydrogen-bond acceptors (Lipinski definition) is 5. The van der Waals surface area contributed by atoms with Crippen LogP contribution in [0.4, 0.5) is 0 Å². The number of nitrogens with zero attached hydrogens (tertiary/aromatic N) is 3. The Morgan fingerprint density at radius 3 is 2.83 bits per heavy atom. The average Bonchev–Trinajstić information content (AvgIpc) is 2.97. The van der Waals surface area contributed by atoms with Crippen LogP contribution in [0.1, 0.15) is 33.1 Å². The van der Waals surface area contributed by atoms with Gasteiger partial charge in [-0.1, -0.05) is 6.92 Å². The van der Waals surface area contributed by atoms with Crippen molar-refractivity contribution in [3.05, 3.63) is 33.9 Å². The second-order valence-electron chi connectivity index (χ2n) is 3.99. The van der Waals surface area contributed by atoms with Gasteiger partial charge in [0.1, 0.15) is 10.8 Å². The van der Waals surface area contributed by atoms with Gasteiger partial charge < -0.3 is 9.32 Å². The molecule has 0 spiro atoms. The Hall–Kier alpha value is -1.69. The minimum Gasteiger partial charge on any atom is -0.448 e. The van der Waals surface area contributed by atoms with Crippen LogP contribution < -0.4 is 0 Å². The summed E-state index contributed by atoms with van der Waals surface area (Å²) in [6.45, 7) is 4.31. The van der Waals surface area contributed by atoms with Gasteiger partial charge in [-0.05, 0) is 13.3 Å². The van der Waals surface area contributed by atoms with Crippen LogP contribution in [0.15, 0.2) is 17.0 Å². The molecule has 0 bridgehead atoms. The molecule has 6 heteroatoms.